The van der Waals surface area contributed by atoms with E-state index in [0.29, 0.717) is 19.6 Å². The number of hydrogen-bond donors (Lipinski definition) is 0. The van der Waals surface area contributed by atoms with E-state index in [1.54, 1.807) is 34.4 Å². The Balaban J connectivity index is 1.37. The van der Waals surface area contributed by atoms with Crippen LogP contribution >= 0.6 is 0 Å². The van der Waals surface area contributed by atoms with Gasteiger partial charge in [0.15, 0.2) is 0 Å². The minimum absolute atomic E-state index is 0.188. The summed E-state index contributed by atoms with van der Waals surface area (Å²) >= 11 is 0. The second-order valence-electron chi connectivity index (χ2n) is 8.04. The van der Waals surface area contributed by atoms with E-state index in [9.17, 15) is 12.8 Å². The summed E-state index contributed by atoms with van der Waals surface area (Å²) in [5, 5.41) is 9.42. The molecule has 1 fully saturated rings. The van der Waals surface area contributed by atoms with Crippen LogP contribution < -0.4 is 4.90 Å². The number of rotatable bonds is 4. The van der Waals surface area contributed by atoms with Crippen LogP contribution in [0, 0.1) is 5.82 Å². The standard InChI is InChI=1S/C22H23FN6O2S/c1-16-14-27(9-10-28(16)32(30,31)21-13-24-26(2)15-21)20-7-8-22-17(11-20)12-25-29(22)19-5-3-18(23)4-6-19/h3-8,11-13,15-16H,9-10,14H2,1-2H3/t16-/m0/s1. The molecule has 0 amide bonds. The van der Waals surface area contributed by atoms with Gasteiger partial charge < -0.3 is 4.90 Å². The fourth-order valence-electron chi connectivity index (χ4n) is 4.21. The van der Waals surface area contributed by atoms with Crippen molar-refractivity contribution in [2.24, 2.45) is 7.05 Å². The second kappa shape index (κ2) is 7.72. The highest BCUT2D eigenvalue weighted by Gasteiger charge is 2.34. The molecule has 1 aliphatic heterocycles. The van der Waals surface area contributed by atoms with Gasteiger partial charge in [-0.1, -0.05) is 0 Å². The summed E-state index contributed by atoms with van der Waals surface area (Å²) < 4.78 is 44.1. The van der Waals surface area contributed by atoms with Gasteiger partial charge in [-0.3, -0.25) is 4.68 Å². The predicted molar refractivity (Wildman–Crippen MR) is 120 cm³/mol. The summed E-state index contributed by atoms with van der Waals surface area (Å²) in [4.78, 5) is 2.41. The number of benzene rings is 2. The van der Waals surface area contributed by atoms with Crippen LogP contribution in [-0.4, -0.2) is 58.0 Å². The van der Waals surface area contributed by atoms with Gasteiger partial charge in [0.1, 0.15) is 10.7 Å². The van der Waals surface area contributed by atoms with E-state index < -0.39 is 10.0 Å². The van der Waals surface area contributed by atoms with E-state index in [-0.39, 0.29) is 16.8 Å². The van der Waals surface area contributed by atoms with E-state index in [1.807, 2.05) is 19.1 Å². The van der Waals surface area contributed by atoms with Crippen molar-refractivity contribution in [1.29, 1.82) is 0 Å². The number of sulfonamides is 1. The lowest BCUT2D eigenvalue weighted by Gasteiger charge is -2.39. The summed E-state index contributed by atoms with van der Waals surface area (Å²) in [5.74, 6) is -0.286. The second-order valence-corrected chi connectivity index (χ2v) is 9.93. The van der Waals surface area contributed by atoms with Crippen LogP contribution in [0.4, 0.5) is 10.1 Å². The van der Waals surface area contributed by atoms with Crippen LogP contribution in [0.5, 0.6) is 0 Å². The molecule has 1 saturated heterocycles. The molecule has 2 aromatic carbocycles. The Kier molecular flexibility index (Phi) is 4.98. The van der Waals surface area contributed by atoms with Crippen molar-refractivity contribution >= 4 is 26.6 Å². The predicted octanol–water partition coefficient (Wildman–Crippen LogP) is 2.80. The zero-order chi connectivity index (χ0) is 22.5. The highest BCUT2D eigenvalue weighted by atomic mass is 32.2. The topological polar surface area (TPSA) is 76.3 Å². The van der Waals surface area contributed by atoms with Gasteiger partial charge in [0.25, 0.3) is 0 Å². The number of hydrogen-bond acceptors (Lipinski definition) is 5. The zero-order valence-corrected chi connectivity index (χ0v) is 18.6. The van der Waals surface area contributed by atoms with E-state index in [1.165, 1.54) is 29.2 Å². The molecule has 1 aliphatic rings. The summed E-state index contributed by atoms with van der Waals surface area (Å²) in [6, 6.07) is 12.1. The Bertz CT molecular complexity index is 1380. The maximum absolute atomic E-state index is 13.3. The highest BCUT2D eigenvalue weighted by Crippen LogP contribution is 2.28. The largest absolute Gasteiger partial charge is 0.369 e. The molecule has 0 saturated carbocycles. The lowest BCUT2D eigenvalue weighted by molar-refractivity contribution is 0.307. The Labute approximate surface area is 185 Å². The first kappa shape index (κ1) is 20.7. The van der Waals surface area contributed by atoms with Gasteiger partial charge in [-0.25, -0.2) is 17.5 Å². The van der Waals surface area contributed by atoms with E-state index in [2.05, 4.69) is 21.2 Å². The van der Waals surface area contributed by atoms with Gasteiger partial charge >= 0.3 is 0 Å². The Morgan fingerprint density at radius 2 is 1.75 bits per heavy atom. The van der Waals surface area contributed by atoms with Crippen LogP contribution in [0.3, 0.4) is 0 Å². The van der Waals surface area contributed by atoms with Gasteiger partial charge in [-0.15, -0.1) is 0 Å². The third-order valence-electron chi connectivity index (χ3n) is 5.84. The van der Waals surface area contributed by atoms with Crippen LogP contribution in [0.1, 0.15) is 6.92 Å². The number of aryl methyl sites for hydroxylation is 1. The summed E-state index contributed by atoms with van der Waals surface area (Å²) in [6.07, 6.45) is 4.71. The minimum atomic E-state index is -3.58. The van der Waals surface area contributed by atoms with Gasteiger partial charge in [0.2, 0.25) is 10.0 Å². The van der Waals surface area contributed by atoms with Crippen LogP contribution in [0.25, 0.3) is 16.6 Å². The molecule has 0 radical (unpaired) electrons. The van der Waals surface area contributed by atoms with Crippen molar-refractivity contribution in [1.82, 2.24) is 23.9 Å². The van der Waals surface area contributed by atoms with Gasteiger partial charge in [-0.2, -0.15) is 14.5 Å². The monoisotopic (exact) mass is 454 g/mol. The van der Waals surface area contributed by atoms with Crippen molar-refractivity contribution in [2.75, 3.05) is 24.5 Å². The van der Waals surface area contributed by atoms with Crippen molar-refractivity contribution in [3.05, 3.63) is 66.9 Å². The fourth-order valence-corrected chi connectivity index (χ4v) is 5.80. The van der Waals surface area contributed by atoms with Crippen LogP contribution in [0.15, 0.2) is 66.0 Å². The molecule has 0 aliphatic carbocycles. The third kappa shape index (κ3) is 3.55. The molecule has 10 heteroatoms. The molecule has 166 valence electrons. The van der Waals surface area contributed by atoms with Crippen molar-refractivity contribution in [3.63, 3.8) is 0 Å². The maximum atomic E-state index is 13.3. The summed E-state index contributed by atoms with van der Waals surface area (Å²) in [6.45, 7) is 3.48. The van der Waals surface area contributed by atoms with Crippen LogP contribution in [0.2, 0.25) is 0 Å². The average molecular weight is 455 g/mol. The molecular weight excluding hydrogens is 431 g/mol. The molecule has 4 aromatic rings. The minimum Gasteiger partial charge on any atom is -0.369 e. The molecule has 1 atom stereocenters. The molecule has 3 heterocycles. The van der Waals surface area contributed by atoms with E-state index in [4.69, 9.17) is 0 Å². The molecule has 0 spiro atoms. The molecular formula is C22H23FN6O2S. The number of nitrogens with zero attached hydrogens (tertiary/aromatic N) is 6. The molecule has 32 heavy (non-hydrogen) atoms. The lowest BCUT2D eigenvalue weighted by atomic mass is 10.1. The highest BCUT2D eigenvalue weighted by molar-refractivity contribution is 7.89. The molecule has 0 bridgehead atoms. The number of aromatic nitrogens is 4. The molecule has 2 aromatic heterocycles. The van der Waals surface area contributed by atoms with Crippen molar-refractivity contribution in [2.45, 2.75) is 17.9 Å². The normalized spacial score (nSPS) is 17.8. The Hall–Kier alpha value is -3.24. The smallest absolute Gasteiger partial charge is 0.246 e. The number of anilines is 1. The molecule has 0 N–H and O–H groups in total. The number of fused-ring (bicyclic) bond motifs is 1. The molecule has 5 rings (SSSR count). The Morgan fingerprint density at radius 3 is 2.44 bits per heavy atom. The lowest BCUT2D eigenvalue weighted by Crippen LogP contribution is -2.53. The van der Waals surface area contributed by atoms with Gasteiger partial charge in [0, 0.05) is 50.0 Å². The van der Waals surface area contributed by atoms with Crippen molar-refractivity contribution in [3.8, 4) is 5.69 Å². The van der Waals surface area contributed by atoms with Crippen LogP contribution in [-0.2, 0) is 17.1 Å². The van der Waals surface area contributed by atoms with Crippen molar-refractivity contribution < 1.29 is 12.8 Å². The maximum Gasteiger partial charge on any atom is 0.246 e. The van der Waals surface area contributed by atoms with Gasteiger partial charge in [0.05, 0.1) is 23.6 Å². The first-order valence-electron chi connectivity index (χ1n) is 10.3. The van der Waals surface area contributed by atoms with E-state index >= 15 is 0 Å². The molecule has 8 nitrogen and oxygen atoms in total. The number of piperazine rings is 1. The molecule has 0 unspecified atom stereocenters. The quantitative estimate of drug-likeness (QED) is 0.474. The van der Waals surface area contributed by atoms with Gasteiger partial charge in [-0.05, 0) is 49.4 Å². The third-order valence-corrected chi connectivity index (χ3v) is 7.81. The average Bonchev–Trinajstić information content (AvgIpc) is 3.40. The summed E-state index contributed by atoms with van der Waals surface area (Å²) in [5.41, 5.74) is 2.73. The zero-order valence-electron chi connectivity index (χ0n) is 17.8. The fraction of sp³-hybridized carbons (Fsp3) is 0.273. The first-order chi connectivity index (χ1) is 15.3. The Morgan fingerprint density at radius 1 is 1.00 bits per heavy atom. The van der Waals surface area contributed by atoms with E-state index in [0.717, 1.165) is 22.3 Å². The SMILES string of the molecule is C[C@H]1CN(c2ccc3c(cnn3-c3ccc(F)cc3)c2)CCN1S(=O)(=O)c1cnn(C)c1. The summed E-state index contributed by atoms with van der Waals surface area (Å²) in [7, 11) is -1.87. The number of halogens is 1. The first-order valence-corrected chi connectivity index (χ1v) is 11.8.